The summed E-state index contributed by atoms with van der Waals surface area (Å²) in [6.45, 7) is 4.06. The summed E-state index contributed by atoms with van der Waals surface area (Å²) in [5, 5.41) is 2.32. The minimum absolute atomic E-state index is 0.214. The average molecular weight is 523 g/mol. The number of benzene rings is 1. The molecule has 0 N–H and O–H groups in total. The molecule has 1 unspecified atom stereocenters. The summed E-state index contributed by atoms with van der Waals surface area (Å²) in [5.41, 5.74) is 0.726. The van der Waals surface area contributed by atoms with Gasteiger partial charge in [0.2, 0.25) is 5.91 Å². The Bertz CT molecular complexity index is 1220. The molecule has 0 saturated carbocycles. The number of sulfonamides is 1. The number of carbonyl (C=O) groups is 1. The van der Waals surface area contributed by atoms with Gasteiger partial charge in [-0.3, -0.25) is 9.69 Å². The summed E-state index contributed by atoms with van der Waals surface area (Å²) in [6, 6.07) is 8.33. The lowest BCUT2D eigenvalue weighted by Gasteiger charge is -2.28. The molecule has 1 aromatic carbocycles. The van der Waals surface area contributed by atoms with E-state index in [2.05, 4.69) is 4.90 Å². The minimum atomic E-state index is -3.72. The van der Waals surface area contributed by atoms with Crippen molar-refractivity contribution in [2.45, 2.75) is 36.4 Å². The third kappa shape index (κ3) is 5.13. The van der Waals surface area contributed by atoms with Crippen molar-refractivity contribution in [1.29, 1.82) is 0 Å². The Morgan fingerprint density at radius 2 is 2.06 bits per heavy atom. The first-order valence-electron chi connectivity index (χ1n) is 11.4. The van der Waals surface area contributed by atoms with Crippen molar-refractivity contribution in [3.8, 4) is 5.75 Å². The molecule has 8 nitrogen and oxygen atoms in total. The van der Waals surface area contributed by atoms with Crippen molar-refractivity contribution in [1.82, 2.24) is 14.2 Å². The highest BCUT2D eigenvalue weighted by Crippen LogP contribution is 2.36. The fourth-order valence-corrected chi connectivity index (χ4v) is 7.91. The van der Waals surface area contributed by atoms with Gasteiger partial charge >= 0.3 is 0 Å². The molecule has 11 heteroatoms. The molecular weight excluding hydrogens is 492 g/mol. The van der Waals surface area contributed by atoms with Crippen LogP contribution >= 0.6 is 22.7 Å². The lowest BCUT2D eigenvalue weighted by atomic mass is 10.2. The van der Waals surface area contributed by atoms with E-state index in [0.29, 0.717) is 43.4 Å². The molecule has 1 saturated heterocycles. The first kappa shape index (κ1) is 25.1. The fraction of sp³-hybridized carbons (Fsp3) is 0.478. The van der Waals surface area contributed by atoms with E-state index < -0.39 is 16.1 Å². The molecule has 1 amide bonds. The lowest BCUT2D eigenvalue weighted by molar-refractivity contribution is -0.121. The SMILES string of the molecule is CCOc1cccc2sc(N(CCCN(C)C)C(=O)C3CCCN3S(=O)(=O)c3cccs3)nc12. The average Bonchev–Trinajstić information content (AvgIpc) is 3.57. The van der Waals surface area contributed by atoms with Gasteiger partial charge in [0.25, 0.3) is 10.0 Å². The van der Waals surface area contributed by atoms with Gasteiger partial charge in [-0.15, -0.1) is 11.3 Å². The summed E-state index contributed by atoms with van der Waals surface area (Å²) < 4.78 is 34.8. The van der Waals surface area contributed by atoms with Gasteiger partial charge in [0.1, 0.15) is 21.5 Å². The lowest BCUT2D eigenvalue weighted by Crippen LogP contribution is -2.48. The van der Waals surface area contributed by atoms with Gasteiger partial charge in [0, 0.05) is 13.1 Å². The number of anilines is 1. The van der Waals surface area contributed by atoms with Gasteiger partial charge in [-0.1, -0.05) is 23.5 Å². The summed E-state index contributed by atoms with van der Waals surface area (Å²) >= 11 is 2.61. The summed E-state index contributed by atoms with van der Waals surface area (Å²) in [5.74, 6) is 0.472. The third-order valence-electron chi connectivity index (χ3n) is 5.70. The molecule has 3 aromatic rings. The number of hydrogen-bond donors (Lipinski definition) is 0. The molecular formula is C23H30N4O4S3. The van der Waals surface area contributed by atoms with Gasteiger partial charge < -0.3 is 9.64 Å². The van der Waals surface area contributed by atoms with Crippen LogP contribution in [-0.2, 0) is 14.8 Å². The van der Waals surface area contributed by atoms with Gasteiger partial charge in [0.15, 0.2) is 5.13 Å². The number of thiazole rings is 1. The van der Waals surface area contributed by atoms with E-state index in [1.807, 2.05) is 39.2 Å². The summed E-state index contributed by atoms with van der Waals surface area (Å²) in [4.78, 5) is 22.4. The van der Waals surface area contributed by atoms with Gasteiger partial charge in [-0.2, -0.15) is 4.31 Å². The first-order chi connectivity index (χ1) is 16.3. The van der Waals surface area contributed by atoms with Crippen molar-refractivity contribution in [3.05, 3.63) is 35.7 Å². The van der Waals surface area contributed by atoms with Crippen molar-refractivity contribution in [2.75, 3.05) is 45.2 Å². The number of rotatable bonds is 10. The van der Waals surface area contributed by atoms with E-state index in [1.165, 1.54) is 27.0 Å². The molecule has 1 fully saturated rings. The number of thiophene rings is 1. The number of aromatic nitrogens is 1. The van der Waals surface area contributed by atoms with Crippen LogP contribution in [0.15, 0.2) is 39.9 Å². The van der Waals surface area contributed by atoms with E-state index in [-0.39, 0.29) is 10.1 Å². The number of fused-ring (bicyclic) bond motifs is 1. The number of hydrogen-bond acceptors (Lipinski definition) is 8. The molecule has 4 rings (SSSR count). The molecule has 1 atom stereocenters. The Labute approximate surface area is 208 Å². The molecule has 2 aromatic heterocycles. The third-order valence-corrected chi connectivity index (χ3v) is 10.0. The zero-order valence-corrected chi connectivity index (χ0v) is 22.1. The van der Waals surface area contributed by atoms with Gasteiger partial charge in [0.05, 0.1) is 11.3 Å². The maximum Gasteiger partial charge on any atom is 0.253 e. The standard InChI is InChI=1S/C23H30N4O4S3/c1-4-31-18-10-5-11-19-21(18)24-23(33-19)26(14-8-13-25(2)3)22(28)17-9-6-15-27(17)34(29,30)20-12-7-16-32-20/h5,7,10-12,16-17H,4,6,8-9,13-15H2,1-3H3. The van der Waals surface area contributed by atoms with Crippen molar-refractivity contribution in [2.24, 2.45) is 0 Å². The summed E-state index contributed by atoms with van der Waals surface area (Å²) in [6.07, 6.45) is 1.90. The molecule has 0 radical (unpaired) electrons. The molecule has 3 heterocycles. The van der Waals surface area contributed by atoms with Crippen LogP contribution in [0, 0.1) is 0 Å². The van der Waals surface area contributed by atoms with Crippen LogP contribution in [0.2, 0.25) is 0 Å². The highest BCUT2D eigenvalue weighted by atomic mass is 32.2. The Morgan fingerprint density at radius 3 is 2.76 bits per heavy atom. The topological polar surface area (TPSA) is 83.0 Å². The predicted octanol–water partition coefficient (Wildman–Crippen LogP) is 3.89. The smallest absolute Gasteiger partial charge is 0.253 e. The zero-order chi connectivity index (χ0) is 24.3. The molecule has 34 heavy (non-hydrogen) atoms. The predicted molar refractivity (Wildman–Crippen MR) is 138 cm³/mol. The second-order valence-corrected chi connectivity index (χ2v) is 12.5. The van der Waals surface area contributed by atoms with Crippen molar-refractivity contribution < 1.29 is 17.9 Å². The largest absolute Gasteiger partial charge is 0.492 e. The van der Waals surface area contributed by atoms with E-state index in [4.69, 9.17) is 9.72 Å². The van der Waals surface area contributed by atoms with Gasteiger partial charge in [-0.05, 0) is 70.4 Å². The van der Waals surface area contributed by atoms with E-state index in [0.717, 1.165) is 23.2 Å². The van der Waals surface area contributed by atoms with Gasteiger partial charge in [-0.25, -0.2) is 13.4 Å². The normalized spacial score (nSPS) is 17.0. The zero-order valence-electron chi connectivity index (χ0n) is 19.6. The van der Waals surface area contributed by atoms with E-state index in [9.17, 15) is 13.2 Å². The molecule has 0 aliphatic carbocycles. The number of ether oxygens (including phenoxy) is 1. The van der Waals surface area contributed by atoms with Crippen molar-refractivity contribution >= 4 is 54.0 Å². The molecule has 0 bridgehead atoms. The second kappa shape index (κ2) is 10.7. The maximum atomic E-state index is 13.9. The second-order valence-electron chi connectivity index (χ2n) is 8.38. The molecule has 184 valence electrons. The van der Waals surface area contributed by atoms with E-state index in [1.54, 1.807) is 22.4 Å². The number of amides is 1. The Balaban J connectivity index is 1.67. The van der Waals surface area contributed by atoms with Crippen LogP contribution in [-0.4, -0.2) is 74.9 Å². The number of carbonyl (C=O) groups excluding carboxylic acids is 1. The Morgan fingerprint density at radius 1 is 1.24 bits per heavy atom. The van der Waals surface area contributed by atoms with E-state index >= 15 is 0 Å². The fourth-order valence-electron chi connectivity index (χ4n) is 4.12. The number of para-hydroxylation sites is 1. The van der Waals surface area contributed by atoms with Crippen LogP contribution in [0.25, 0.3) is 10.2 Å². The van der Waals surface area contributed by atoms with Crippen molar-refractivity contribution in [3.63, 3.8) is 0 Å². The summed E-state index contributed by atoms with van der Waals surface area (Å²) in [7, 11) is 0.262. The van der Waals surface area contributed by atoms with Crippen LogP contribution < -0.4 is 9.64 Å². The number of nitrogens with zero attached hydrogens (tertiary/aromatic N) is 4. The van der Waals surface area contributed by atoms with Crippen LogP contribution in [0.3, 0.4) is 0 Å². The molecule has 1 aliphatic rings. The Hall–Kier alpha value is -2.05. The van der Waals surface area contributed by atoms with Crippen LogP contribution in [0.4, 0.5) is 5.13 Å². The Kier molecular flexibility index (Phi) is 7.88. The highest BCUT2D eigenvalue weighted by Gasteiger charge is 2.42. The van der Waals surface area contributed by atoms with Crippen LogP contribution in [0.1, 0.15) is 26.2 Å². The first-order valence-corrected chi connectivity index (χ1v) is 14.5. The monoisotopic (exact) mass is 522 g/mol. The molecule has 0 spiro atoms. The quantitative estimate of drug-likeness (QED) is 0.402. The molecule has 1 aliphatic heterocycles. The highest BCUT2D eigenvalue weighted by molar-refractivity contribution is 7.91. The maximum absolute atomic E-state index is 13.9. The minimum Gasteiger partial charge on any atom is -0.492 e. The van der Waals surface area contributed by atoms with Crippen LogP contribution in [0.5, 0.6) is 5.75 Å².